The standard InChI is InChI=1S/C15H14O4.C7H16O4/c1-18-10-7-8-14(19-2)13(9-10)11-5-3-4-6-12(11)15(16)17;1-5(2)11-7(9)6(8)4-10-3/h3-9H,1-2H3,(H,16,17);5-9H,4H2,1-3H3. The highest BCUT2D eigenvalue weighted by Crippen LogP contribution is 2.35. The molecule has 0 aliphatic carbocycles. The van der Waals surface area contributed by atoms with E-state index >= 15 is 0 Å². The minimum Gasteiger partial charge on any atom is -0.497 e. The van der Waals surface area contributed by atoms with E-state index in [0.29, 0.717) is 22.6 Å². The zero-order valence-corrected chi connectivity index (χ0v) is 17.9. The molecule has 8 heteroatoms. The molecule has 2 atom stereocenters. The Kier molecular flexibility index (Phi) is 10.8. The van der Waals surface area contributed by atoms with Gasteiger partial charge in [-0.3, -0.25) is 0 Å². The number of hydrogen-bond donors (Lipinski definition) is 3. The summed E-state index contributed by atoms with van der Waals surface area (Å²) < 4.78 is 20.0. The van der Waals surface area contributed by atoms with E-state index in [9.17, 15) is 9.90 Å². The van der Waals surface area contributed by atoms with Crippen molar-refractivity contribution in [2.24, 2.45) is 0 Å². The fourth-order valence-corrected chi connectivity index (χ4v) is 2.55. The van der Waals surface area contributed by atoms with Crippen molar-refractivity contribution in [3.05, 3.63) is 48.0 Å². The van der Waals surface area contributed by atoms with E-state index in [1.165, 1.54) is 7.11 Å². The van der Waals surface area contributed by atoms with Crippen LogP contribution in [0.3, 0.4) is 0 Å². The first-order valence-corrected chi connectivity index (χ1v) is 9.30. The lowest BCUT2D eigenvalue weighted by molar-refractivity contribution is -0.190. The smallest absolute Gasteiger partial charge is 0.336 e. The Morgan fingerprint density at radius 2 is 1.63 bits per heavy atom. The highest BCUT2D eigenvalue weighted by Gasteiger charge is 2.17. The number of hydrogen-bond acceptors (Lipinski definition) is 7. The molecule has 0 amide bonds. The first-order chi connectivity index (χ1) is 14.2. The van der Waals surface area contributed by atoms with Crippen molar-refractivity contribution >= 4 is 5.97 Å². The molecule has 0 heterocycles. The molecule has 0 bridgehead atoms. The lowest BCUT2D eigenvalue weighted by Gasteiger charge is -2.19. The van der Waals surface area contributed by atoms with Gasteiger partial charge in [0.2, 0.25) is 0 Å². The number of methoxy groups -OCH3 is 3. The normalized spacial score (nSPS) is 12.5. The van der Waals surface area contributed by atoms with Gasteiger partial charge in [-0.1, -0.05) is 18.2 Å². The zero-order valence-electron chi connectivity index (χ0n) is 17.9. The number of ether oxygens (including phenoxy) is 4. The summed E-state index contributed by atoms with van der Waals surface area (Å²) >= 11 is 0. The number of benzene rings is 2. The number of carboxylic acids is 1. The van der Waals surface area contributed by atoms with Gasteiger partial charge in [0, 0.05) is 18.2 Å². The molecule has 166 valence electrons. The second-order valence-electron chi connectivity index (χ2n) is 6.52. The predicted molar refractivity (Wildman–Crippen MR) is 112 cm³/mol. The monoisotopic (exact) mass is 422 g/mol. The Labute approximate surface area is 176 Å². The van der Waals surface area contributed by atoms with Crippen LogP contribution in [0.25, 0.3) is 11.1 Å². The van der Waals surface area contributed by atoms with Gasteiger partial charge in [0.25, 0.3) is 0 Å². The molecular weight excluding hydrogens is 392 g/mol. The first-order valence-electron chi connectivity index (χ1n) is 9.30. The van der Waals surface area contributed by atoms with E-state index in [1.807, 2.05) is 0 Å². The Morgan fingerprint density at radius 3 is 2.17 bits per heavy atom. The Balaban J connectivity index is 0.000000352. The highest BCUT2D eigenvalue weighted by molar-refractivity contribution is 5.97. The fourth-order valence-electron chi connectivity index (χ4n) is 2.55. The van der Waals surface area contributed by atoms with Crippen molar-refractivity contribution in [2.75, 3.05) is 27.9 Å². The van der Waals surface area contributed by atoms with Crippen molar-refractivity contribution in [2.45, 2.75) is 32.3 Å². The van der Waals surface area contributed by atoms with Gasteiger partial charge in [0.15, 0.2) is 6.29 Å². The molecule has 0 radical (unpaired) electrons. The van der Waals surface area contributed by atoms with Gasteiger partial charge in [-0.2, -0.15) is 0 Å². The van der Waals surface area contributed by atoms with Gasteiger partial charge in [0.1, 0.15) is 17.6 Å². The average molecular weight is 422 g/mol. The van der Waals surface area contributed by atoms with Crippen LogP contribution in [-0.2, 0) is 9.47 Å². The Morgan fingerprint density at radius 1 is 0.967 bits per heavy atom. The van der Waals surface area contributed by atoms with Crippen LogP contribution >= 0.6 is 0 Å². The van der Waals surface area contributed by atoms with E-state index in [2.05, 4.69) is 4.74 Å². The van der Waals surface area contributed by atoms with E-state index in [-0.39, 0.29) is 18.3 Å². The molecule has 2 aromatic rings. The summed E-state index contributed by atoms with van der Waals surface area (Å²) in [6.45, 7) is 3.64. The number of rotatable bonds is 9. The quantitative estimate of drug-likeness (QED) is 0.529. The van der Waals surface area contributed by atoms with Gasteiger partial charge < -0.3 is 34.3 Å². The molecule has 30 heavy (non-hydrogen) atoms. The van der Waals surface area contributed by atoms with Crippen molar-refractivity contribution in [3.63, 3.8) is 0 Å². The lowest BCUT2D eigenvalue weighted by Crippen LogP contribution is -2.34. The summed E-state index contributed by atoms with van der Waals surface area (Å²) in [5.74, 6) is 0.283. The predicted octanol–water partition coefficient (Wildman–Crippen LogP) is 2.81. The van der Waals surface area contributed by atoms with Crippen molar-refractivity contribution in [1.29, 1.82) is 0 Å². The van der Waals surface area contributed by atoms with Crippen molar-refractivity contribution < 1.29 is 39.1 Å². The maximum Gasteiger partial charge on any atom is 0.336 e. The van der Waals surface area contributed by atoms with Gasteiger partial charge in [-0.15, -0.1) is 0 Å². The van der Waals surface area contributed by atoms with Crippen LogP contribution < -0.4 is 9.47 Å². The SMILES string of the molecule is COCC(O)C(O)OC(C)C.COc1ccc(OC)c(-c2ccccc2C(=O)O)c1. The molecule has 0 aromatic heterocycles. The Bertz CT molecular complexity index is 790. The van der Waals surface area contributed by atoms with Gasteiger partial charge >= 0.3 is 5.97 Å². The van der Waals surface area contributed by atoms with E-state index in [0.717, 1.165) is 0 Å². The van der Waals surface area contributed by atoms with E-state index in [1.54, 1.807) is 70.5 Å². The molecule has 0 aliphatic rings. The van der Waals surface area contributed by atoms with E-state index < -0.39 is 18.4 Å². The average Bonchev–Trinajstić information content (AvgIpc) is 2.73. The molecular formula is C22H30O8. The third kappa shape index (κ3) is 7.64. The third-order valence-electron chi connectivity index (χ3n) is 3.93. The maximum atomic E-state index is 11.3. The maximum absolute atomic E-state index is 11.3. The van der Waals surface area contributed by atoms with Gasteiger partial charge in [-0.25, -0.2) is 4.79 Å². The number of aliphatic hydroxyl groups is 2. The van der Waals surface area contributed by atoms with Crippen LogP contribution in [0, 0.1) is 0 Å². The summed E-state index contributed by atoms with van der Waals surface area (Å²) in [5.41, 5.74) is 1.53. The topological polar surface area (TPSA) is 115 Å². The van der Waals surface area contributed by atoms with Gasteiger partial charge in [0.05, 0.1) is 32.5 Å². The van der Waals surface area contributed by atoms with Gasteiger partial charge in [-0.05, 0) is 38.1 Å². The van der Waals surface area contributed by atoms with Crippen LogP contribution in [0.5, 0.6) is 11.5 Å². The molecule has 8 nitrogen and oxygen atoms in total. The molecule has 2 unspecified atom stereocenters. The van der Waals surface area contributed by atoms with Crippen LogP contribution in [0.4, 0.5) is 0 Å². The van der Waals surface area contributed by atoms with E-state index in [4.69, 9.17) is 24.4 Å². The molecule has 0 spiro atoms. The minimum absolute atomic E-state index is 0.0773. The zero-order chi connectivity index (χ0) is 22.7. The van der Waals surface area contributed by atoms with Crippen LogP contribution in [-0.4, -0.2) is 67.7 Å². The summed E-state index contributed by atoms with van der Waals surface area (Å²) in [5, 5.41) is 27.4. The Hall–Kier alpha value is -2.65. The number of carbonyl (C=O) groups is 1. The molecule has 3 N–H and O–H groups in total. The summed E-state index contributed by atoms with van der Waals surface area (Å²) in [6, 6.07) is 12.1. The number of aromatic carboxylic acids is 1. The molecule has 0 aliphatic heterocycles. The second kappa shape index (κ2) is 12.8. The largest absolute Gasteiger partial charge is 0.497 e. The second-order valence-corrected chi connectivity index (χ2v) is 6.52. The summed E-state index contributed by atoms with van der Waals surface area (Å²) in [6.07, 6.45) is -2.23. The number of aliphatic hydroxyl groups excluding tert-OH is 2. The fraction of sp³-hybridized carbons (Fsp3) is 0.409. The van der Waals surface area contributed by atoms with Crippen LogP contribution in [0.15, 0.2) is 42.5 Å². The first kappa shape index (κ1) is 25.4. The molecule has 0 saturated carbocycles. The summed E-state index contributed by atoms with van der Waals surface area (Å²) in [4.78, 5) is 11.3. The molecule has 0 saturated heterocycles. The van der Waals surface area contributed by atoms with Crippen LogP contribution in [0.2, 0.25) is 0 Å². The lowest BCUT2D eigenvalue weighted by atomic mass is 9.98. The summed E-state index contributed by atoms with van der Waals surface area (Å²) in [7, 11) is 4.56. The van der Waals surface area contributed by atoms with Crippen LogP contribution in [0.1, 0.15) is 24.2 Å². The number of carboxylic acid groups (broad SMARTS) is 1. The van der Waals surface area contributed by atoms with Crippen molar-refractivity contribution in [1.82, 2.24) is 0 Å². The highest BCUT2D eigenvalue weighted by atomic mass is 16.6. The molecule has 0 fully saturated rings. The third-order valence-corrected chi connectivity index (χ3v) is 3.93. The van der Waals surface area contributed by atoms with Crippen molar-refractivity contribution in [3.8, 4) is 22.6 Å². The minimum atomic E-state index is -1.16. The molecule has 2 aromatic carbocycles. The molecule has 2 rings (SSSR count).